The molecule has 0 aliphatic carbocycles. The van der Waals surface area contributed by atoms with Gasteiger partial charge in [0.05, 0.1) is 5.33 Å². The van der Waals surface area contributed by atoms with Gasteiger partial charge in [-0.15, -0.1) is 0 Å². The summed E-state index contributed by atoms with van der Waals surface area (Å²) >= 11 is 3.07. The van der Waals surface area contributed by atoms with Crippen LogP contribution in [0.15, 0.2) is 24.3 Å². The van der Waals surface area contributed by atoms with E-state index in [-0.39, 0.29) is 5.91 Å². The molecule has 0 bridgehead atoms. The van der Waals surface area contributed by atoms with Crippen LogP contribution in [0.25, 0.3) is 0 Å². The van der Waals surface area contributed by atoms with E-state index in [0.717, 1.165) is 5.69 Å². The van der Waals surface area contributed by atoms with E-state index in [0.29, 0.717) is 5.33 Å². The highest BCUT2D eigenvalue weighted by Crippen LogP contribution is 2.08. The Labute approximate surface area is 93.8 Å². The summed E-state index contributed by atoms with van der Waals surface area (Å²) in [5, 5.41) is 3.07. The van der Waals surface area contributed by atoms with Gasteiger partial charge in [0.1, 0.15) is 0 Å². The molecule has 0 fully saturated rings. The summed E-state index contributed by atoms with van der Waals surface area (Å²) in [5.41, 5.74) is 2.02. The van der Waals surface area contributed by atoms with Gasteiger partial charge in [-0.1, -0.05) is 47.5 Å². The molecule has 2 nitrogen and oxygen atoms in total. The lowest BCUT2D eigenvalue weighted by molar-refractivity contribution is -0.113. The van der Waals surface area contributed by atoms with Crippen molar-refractivity contribution in [2.24, 2.45) is 0 Å². The number of halogens is 1. The van der Waals surface area contributed by atoms with Crippen molar-refractivity contribution in [3.8, 4) is 0 Å². The van der Waals surface area contributed by atoms with E-state index in [9.17, 15) is 4.79 Å². The van der Waals surface area contributed by atoms with Crippen LogP contribution in [0.4, 0.5) is 5.69 Å². The minimum atomic E-state index is -0.0288. The van der Waals surface area contributed by atoms with Crippen LogP contribution in [0, 0.1) is 6.92 Å². The second-order valence-corrected chi connectivity index (χ2v) is 3.11. The smallest absolute Gasteiger partial charge is 0.235 e. The van der Waals surface area contributed by atoms with Crippen molar-refractivity contribution < 1.29 is 4.79 Å². The van der Waals surface area contributed by atoms with E-state index < -0.39 is 0 Å². The van der Waals surface area contributed by atoms with Gasteiger partial charge in [-0.3, -0.25) is 4.79 Å². The summed E-state index contributed by atoms with van der Waals surface area (Å²) in [5.74, 6) is -0.0288. The monoisotopic (exact) mass is 257 g/mol. The molecule has 0 saturated heterocycles. The summed E-state index contributed by atoms with van der Waals surface area (Å²) in [7, 11) is 0. The van der Waals surface area contributed by atoms with Gasteiger partial charge in [-0.25, -0.2) is 0 Å². The molecule has 1 rings (SSSR count). The first-order chi connectivity index (χ1) is 6.72. The Bertz CT molecular complexity index is 269. The van der Waals surface area contributed by atoms with Crippen LogP contribution in [-0.2, 0) is 4.79 Å². The Morgan fingerprint density at radius 1 is 1.29 bits per heavy atom. The second kappa shape index (κ2) is 7.56. The van der Waals surface area contributed by atoms with Crippen molar-refractivity contribution in [3.63, 3.8) is 0 Å². The molecule has 0 unspecified atom stereocenters. The largest absolute Gasteiger partial charge is 0.325 e. The third kappa shape index (κ3) is 5.02. The first-order valence-corrected chi connectivity index (χ1v) is 5.77. The highest BCUT2D eigenvalue weighted by atomic mass is 79.9. The zero-order valence-electron chi connectivity index (χ0n) is 8.80. The quantitative estimate of drug-likeness (QED) is 0.810. The highest BCUT2D eigenvalue weighted by molar-refractivity contribution is 9.09. The summed E-state index contributed by atoms with van der Waals surface area (Å²) < 4.78 is 0. The molecule has 1 amide bonds. The van der Waals surface area contributed by atoms with E-state index in [1.54, 1.807) is 0 Å². The maximum absolute atomic E-state index is 10.9. The molecule has 0 spiro atoms. The number of nitrogens with one attached hydrogen (secondary N) is 1. The zero-order chi connectivity index (χ0) is 11.0. The molecule has 0 atom stereocenters. The Hall–Kier alpha value is -0.830. The normalized spacial score (nSPS) is 8.57. The van der Waals surface area contributed by atoms with Gasteiger partial charge in [0.2, 0.25) is 5.91 Å². The van der Waals surface area contributed by atoms with E-state index in [4.69, 9.17) is 0 Å². The first-order valence-electron chi connectivity index (χ1n) is 4.65. The fourth-order valence-electron chi connectivity index (χ4n) is 0.831. The summed E-state index contributed by atoms with van der Waals surface area (Å²) in [6, 6.07) is 7.69. The van der Waals surface area contributed by atoms with Crippen LogP contribution < -0.4 is 5.32 Å². The van der Waals surface area contributed by atoms with Crippen LogP contribution in [0.5, 0.6) is 0 Å². The second-order valence-electron chi connectivity index (χ2n) is 2.55. The average Bonchev–Trinajstić information content (AvgIpc) is 2.24. The fourth-order valence-corrected chi connectivity index (χ4v) is 0.971. The van der Waals surface area contributed by atoms with Gasteiger partial charge in [0.15, 0.2) is 0 Å². The Balaban J connectivity index is 0.000000791. The minimum absolute atomic E-state index is 0.0288. The molecule has 0 aliphatic heterocycles. The van der Waals surface area contributed by atoms with Gasteiger partial charge in [-0.2, -0.15) is 0 Å². The number of carbonyl (C=O) groups excluding carboxylic acids is 1. The Morgan fingerprint density at radius 2 is 1.79 bits per heavy atom. The fraction of sp³-hybridized carbons (Fsp3) is 0.364. The molecule has 0 aromatic heterocycles. The van der Waals surface area contributed by atoms with Gasteiger partial charge < -0.3 is 5.32 Å². The molecule has 14 heavy (non-hydrogen) atoms. The number of amides is 1. The van der Waals surface area contributed by atoms with E-state index in [1.165, 1.54) is 5.56 Å². The molecule has 0 aliphatic rings. The SMILES string of the molecule is CC.Cc1ccc(NC(=O)CBr)cc1. The molecule has 0 saturated carbocycles. The predicted octanol–water partition coefficient (Wildman–Crippen LogP) is 3.35. The minimum Gasteiger partial charge on any atom is -0.325 e. The van der Waals surface area contributed by atoms with Gasteiger partial charge in [0, 0.05) is 5.69 Å². The molecule has 78 valence electrons. The number of aryl methyl sites for hydroxylation is 1. The van der Waals surface area contributed by atoms with E-state index in [2.05, 4.69) is 21.2 Å². The maximum atomic E-state index is 10.9. The lowest BCUT2D eigenvalue weighted by Crippen LogP contribution is -2.11. The lowest BCUT2D eigenvalue weighted by atomic mass is 10.2. The molecule has 3 heteroatoms. The Morgan fingerprint density at radius 3 is 2.21 bits per heavy atom. The molecule has 0 heterocycles. The number of carbonyl (C=O) groups is 1. The van der Waals surface area contributed by atoms with Crippen molar-refractivity contribution in [2.45, 2.75) is 20.8 Å². The zero-order valence-corrected chi connectivity index (χ0v) is 10.4. The van der Waals surface area contributed by atoms with E-state index in [1.807, 2.05) is 45.0 Å². The van der Waals surface area contributed by atoms with Crippen molar-refractivity contribution in [1.29, 1.82) is 0 Å². The third-order valence-electron chi connectivity index (χ3n) is 1.46. The van der Waals surface area contributed by atoms with Crippen molar-refractivity contribution in [3.05, 3.63) is 29.8 Å². The number of hydrogen-bond acceptors (Lipinski definition) is 1. The van der Waals surface area contributed by atoms with Crippen LogP contribution in [0.2, 0.25) is 0 Å². The number of benzene rings is 1. The maximum Gasteiger partial charge on any atom is 0.235 e. The third-order valence-corrected chi connectivity index (χ3v) is 1.97. The van der Waals surface area contributed by atoms with Crippen LogP contribution in [0.1, 0.15) is 19.4 Å². The van der Waals surface area contributed by atoms with Crippen LogP contribution in [-0.4, -0.2) is 11.2 Å². The van der Waals surface area contributed by atoms with Gasteiger partial charge in [-0.05, 0) is 19.1 Å². The lowest BCUT2D eigenvalue weighted by Gasteiger charge is -2.02. The molecular weight excluding hydrogens is 242 g/mol. The Kier molecular flexibility index (Phi) is 7.11. The predicted molar refractivity (Wildman–Crippen MR) is 65.0 cm³/mol. The standard InChI is InChI=1S/C9H10BrNO.C2H6/c1-7-2-4-8(5-3-7)11-9(12)6-10;1-2/h2-5H,6H2,1H3,(H,11,12);1-2H3. The van der Waals surface area contributed by atoms with E-state index >= 15 is 0 Å². The number of rotatable bonds is 2. The van der Waals surface area contributed by atoms with Gasteiger partial charge in [0.25, 0.3) is 0 Å². The summed E-state index contributed by atoms with van der Waals surface area (Å²) in [6.07, 6.45) is 0. The van der Waals surface area contributed by atoms with Gasteiger partial charge >= 0.3 is 0 Å². The topological polar surface area (TPSA) is 29.1 Å². The molecule has 1 aromatic rings. The van der Waals surface area contributed by atoms with Crippen molar-refractivity contribution in [1.82, 2.24) is 0 Å². The van der Waals surface area contributed by atoms with Crippen molar-refractivity contribution in [2.75, 3.05) is 10.6 Å². The van der Waals surface area contributed by atoms with Crippen LogP contribution >= 0.6 is 15.9 Å². The highest BCUT2D eigenvalue weighted by Gasteiger charge is 1.97. The average molecular weight is 258 g/mol. The van der Waals surface area contributed by atoms with Crippen LogP contribution in [0.3, 0.4) is 0 Å². The molecule has 0 radical (unpaired) electrons. The first kappa shape index (κ1) is 13.2. The number of hydrogen-bond donors (Lipinski definition) is 1. The molecule has 1 N–H and O–H groups in total. The summed E-state index contributed by atoms with van der Waals surface area (Å²) in [6.45, 7) is 6.01. The molecule has 1 aromatic carbocycles. The molecular formula is C11H16BrNO. The summed E-state index contributed by atoms with van der Waals surface area (Å²) in [4.78, 5) is 10.9. The number of alkyl halides is 1. The number of anilines is 1. The van der Waals surface area contributed by atoms with Crippen molar-refractivity contribution >= 4 is 27.5 Å².